The molecule has 0 atom stereocenters. The third-order valence-electron chi connectivity index (χ3n) is 4.49. The van der Waals surface area contributed by atoms with Crippen LogP contribution in [0.15, 0.2) is 55.2 Å². The van der Waals surface area contributed by atoms with Crippen LogP contribution in [0, 0.1) is 5.92 Å². The average molecular weight is 359 g/mol. The number of nitrogens with two attached hydrogens (primary N) is 1. The van der Waals surface area contributed by atoms with Crippen molar-refractivity contribution in [2.45, 2.75) is 12.8 Å². The fourth-order valence-electron chi connectivity index (χ4n) is 2.98. The molecule has 3 aromatic heterocycles. The van der Waals surface area contributed by atoms with E-state index < -0.39 is 5.91 Å². The molecule has 7 heteroatoms. The van der Waals surface area contributed by atoms with Gasteiger partial charge in [-0.05, 0) is 48.2 Å². The fraction of sp³-hybridized carbons (Fsp3) is 0.150. The first-order valence-corrected chi connectivity index (χ1v) is 8.59. The van der Waals surface area contributed by atoms with Gasteiger partial charge in [-0.15, -0.1) is 0 Å². The van der Waals surface area contributed by atoms with E-state index in [1.165, 1.54) is 6.20 Å². The minimum atomic E-state index is -0.598. The van der Waals surface area contributed by atoms with Crippen molar-refractivity contribution in [2.24, 2.45) is 11.7 Å². The highest BCUT2D eigenvalue weighted by Gasteiger charge is 2.31. The van der Waals surface area contributed by atoms with Crippen LogP contribution in [0.3, 0.4) is 0 Å². The Morgan fingerprint density at radius 2 is 1.70 bits per heavy atom. The van der Waals surface area contributed by atoms with Crippen LogP contribution < -0.4 is 11.1 Å². The van der Waals surface area contributed by atoms with E-state index in [-0.39, 0.29) is 17.4 Å². The lowest BCUT2D eigenvalue weighted by molar-refractivity contribution is -0.117. The molecule has 134 valence electrons. The second-order valence-electron chi connectivity index (χ2n) is 6.37. The maximum absolute atomic E-state index is 12.3. The van der Waals surface area contributed by atoms with Gasteiger partial charge in [0, 0.05) is 48.0 Å². The van der Waals surface area contributed by atoms with E-state index in [1.807, 2.05) is 18.2 Å². The van der Waals surface area contributed by atoms with Crippen molar-refractivity contribution in [3.05, 3.63) is 60.8 Å². The molecular formula is C20H17N5O2. The summed E-state index contributed by atoms with van der Waals surface area (Å²) >= 11 is 0. The molecule has 3 aromatic rings. The van der Waals surface area contributed by atoms with Gasteiger partial charge in [-0.2, -0.15) is 0 Å². The standard InChI is InChI=1S/C20H17N5O2/c21-18(26)15-6-10-24-19(25-20(27)13-1-2-13)17(15)16-11-23-9-5-14(16)12-3-7-22-8-4-12/h3-11,13H,1-2H2,(H2,21,26)(H,24,25,27). The monoisotopic (exact) mass is 359 g/mol. The van der Waals surface area contributed by atoms with E-state index in [0.29, 0.717) is 16.9 Å². The van der Waals surface area contributed by atoms with Crippen LogP contribution in [0.4, 0.5) is 5.82 Å². The second kappa shape index (κ2) is 6.95. The summed E-state index contributed by atoms with van der Waals surface area (Å²) in [7, 11) is 0. The molecule has 0 aromatic carbocycles. The predicted octanol–water partition coefficient (Wildman–Crippen LogP) is 2.65. The molecule has 3 heterocycles. The third-order valence-corrected chi connectivity index (χ3v) is 4.49. The molecule has 0 aliphatic heterocycles. The molecule has 7 nitrogen and oxygen atoms in total. The number of nitrogens with zero attached hydrogens (tertiary/aromatic N) is 3. The summed E-state index contributed by atoms with van der Waals surface area (Å²) < 4.78 is 0. The zero-order valence-corrected chi connectivity index (χ0v) is 14.4. The minimum Gasteiger partial charge on any atom is -0.366 e. The Bertz CT molecular complexity index is 1020. The predicted molar refractivity (Wildman–Crippen MR) is 101 cm³/mol. The number of hydrogen-bond acceptors (Lipinski definition) is 5. The van der Waals surface area contributed by atoms with Crippen molar-refractivity contribution in [1.29, 1.82) is 0 Å². The molecule has 1 aliphatic rings. The number of amides is 2. The van der Waals surface area contributed by atoms with Crippen molar-refractivity contribution in [3.63, 3.8) is 0 Å². The summed E-state index contributed by atoms with van der Waals surface area (Å²) in [5.74, 6) is -0.379. The Hall–Kier alpha value is -3.61. The van der Waals surface area contributed by atoms with E-state index in [1.54, 1.807) is 30.9 Å². The largest absolute Gasteiger partial charge is 0.366 e. The lowest BCUT2D eigenvalue weighted by atomic mass is 9.94. The highest BCUT2D eigenvalue weighted by Crippen LogP contribution is 2.38. The molecule has 0 bridgehead atoms. The van der Waals surface area contributed by atoms with E-state index in [2.05, 4.69) is 20.3 Å². The highest BCUT2D eigenvalue weighted by molar-refractivity contribution is 6.07. The number of carbonyl (C=O) groups excluding carboxylic acids is 2. The summed E-state index contributed by atoms with van der Waals surface area (Å²) in [6, 6.07) is 7.12. The summed E-state index contributed by atoms with van der Waals surface area (Å²) in [6.07, 6.45) is 9.89. The maximum Gasteiger partial charge on any atom is 0.249 e. The maximum atomic E-state index is 12.3. The van der Waals surface area contributed by atoms with Gasteiger partial charge >= 0.3 is 0 Å². The van der Waals surface area contributed by atoms with E-state index in [0.717, 1.165) is 24.0 Å². The van der Waals surface area contributed by atoms with E-state index >= 15 is 0 Å². The van der Waals surface area contributed by atoms with Gasteiger partial charge in [0.25, 0.3) is 0 Å². The summed E-state index contributed by atoms with van der Waals surface area (Å²) in [4.78, 5) is 36.9. The summed E-state index contributed by atoms with van der Waals surface area (Å²) in [6.45, 7) is 0. The van der Waals surface area contributed by atoms with Crippen LogP contribution in [0.2, 0.25) is 0 Å². The molecule has 0 saturated heterocycles. The molecule has 3 N–H and O–H groups in total. The fourth-order valence-corrected chi connectivity index (χ4v) is 2.98. The quantitative estimate of drug-likeness (QED) is 0.727. The molecule has 1 saturated carbocycles. The molecule has 1 fully saturated rings. The van der Waals surface area contributed by atoms with Gasteiger partial charge in [0.15, 0.2) is 0 Å². The molecule has 0 unspecified atom stereocenters. The Morgan fingerprint density at radius 3 is 2.41 bits per heavy atom. The molecular weight excluding hydrogens is 342 g/mol. The smallest absolute Gasteiger partial charge is 0.249 e. The third kappa shape index (κ3) is 3.39. The van der Waals surface area contributed by atoms with Gasteiger partial charge in [0.2, 0.25) is 11.8 Å². The van der Waals surface area contributed by atoms with Gasteiger partial charge in [-0.1, -0.05) is 0 Å². The Kier molecular flexibility index (Phi) is 4.33. The van der Waals surface area contributed by atoms with Gasteiger partial charge in [0.05, 0.1) is 5.56 Å². The van der Waals surface area contributed by atoms with Crippen molar-refractivity contribution in [1.82, 2.24) is 15.0 Å². The minimum absolute atomic E-state index is 0.00505. The zero-order chi connectivity index (χ0) is 18.8. The molecule has 27 heavy (non-hydrogen) atoms. The lowest BCUT2D eigenvalue weighted by Crippen LogP contribution is -2.18. The van der Waals surface area contributed by atoms with Gasteiger partial charge in [-0.3, -0.25) is 19.6 Å². The van der Waals surface area contributed by atoms with Gasteiger partial charge in [0.1, 0.15) is 5.82 Å². The molecule has 0 spiro atoms. The first kappa shape index (κ1) is 16.8. The number of aromatic nitrogens is 3. The van der Waals surface area contributed by atoms with Crippen LogP contribution in [0.25, 0.3) is 22.3 Å². The number of pyridine rings is 3. The highest BCUT2D eigenvalue weighted by atomic mass is 16.2. The first-order valence-electron chi connectivity index (χ1n) is 8.59. The van der Waals surface area contributed by atoms with Crippen LogP contribution >= 0.6 is 0 Å². The van der Waals surface area contributed by atoms with Crippen LogP contribution in [0.5, 0.6) is 0 Å². The first-order chi connectivity index (χ1) is 13.1. The normalized spacial score (nSPS) is 13.2. The van der Waals surface area contributed by atoms with E-state index in [4.69, 9.17) is 5.73 Å². The van der Waals surface area contributed by atoms with Crippen LogP contribution in [-0.4, -0.2) is 26.8 Å². The Labute approximate surface area is 155 Å². The number of anilines is 1. The summed E-state index contributed by atoms with van der Waals surface area (Å²) in [5, 5.41) is 2.85. The summed E-state index contributed by atoms with van der Waals surface area (Å²) in [5.41, 5.74) is 8.76. The SMILES string of the molecule is NC(=O)c1ccnc(NC(=O)C2CC2)c1-c1cnccc1-c1ccncc1. The van der Waals surface area contributed by atoms with Crippen molar-refractivity contribution in [3.8, 4) is 22.3 Å². The molecule has 0 radical (unpaired) electrons. The number of hydrogen-bond donors (Lipinski definition) is 2. The van der Waals surface area contributed by atoms with Crippen molar-refractivity contribution in [2.75, 3.05) is 5.32 Å². The lowest BCUT2D eigenvalue weighted by Gasteiger charge is -2.16. The van der Waals surface area contributed by atoms with Crippen molar-refractivity contribution < 1.29 is 9.59 Å². The Morgan fingerprint density at radius 1 is 0.963 bits per heavy atom. The van der Waals surface area contributed by atoms with Crippen LogP contribution in [0.1, 0.15) is 23.2 Å². The number of rotatable bonds is 5. The van der Waals surface area contributed by atoms with Crippen LogP contribution in [-0.2, 0) is 4.79 Å². The number of carbonyl (C=O) groups is 2. The number of primary amides is 1. The molecule has 1 aliphatic carbocycles. The van der Waals surface area contributed by atoms with Crippen molar-refractivity contribution >= 4 is 17.6 Å². The molecule has 4 rings (SSSR count). The van der Waals surface area contributed by atoms with E-state index in [9.17, 15) is 9.59 Å². The topological polar surface area (TPSA) is 111 Å². The zero-order valence-electron chi connectivity index (χ0n) is 14.4. The second-order valence-corrected chi connectivity index (χ2v) is 6.37. The van der Waals surface area contributed by atoms with Gasteiger partial charge in [-0.25, -0.2) is 4.98 Å². The van der Waals surface area contributed by atoms with Gasteiger partial charge < -0.3 is 11.1 Å². The average Bonchev–Trinajstić information content (AvgIpc) is 3.54. The number of nitrogens with one attached hydrogen (secondary N) is 1. The molecule has 2 amide bonds. The Balaban J connectivity index is 1.90.